The molecular formula is C25H31F3N2O6S. The summed E-state index contributed by atoms with van der Waals surface area (Å²) in [5, 5.41) is 16.9. The van der Waals surface area contributed by atoms with Crippen LogP contribution in [0.15, 0.2) is 35.2 Å². The van der Waals surface area contributed by atoms with Crippen LogP contribution in [0, 0.1) is 20.8 Å². The molecule has 37 heavy (non-hydrogen) atoms. The quantitative estimate of drug-likeness (QED) is 0.453. The molecular weight excluding hydrogens is 513 g/mol. The smallest absolute Gasteiger partial charge is 0.478 e. The van der Waals surface area contributed by atoms with Gasteiger partial charge in [-0.1, -0.05) is 37.0 Å². The number of carbonyl (C=O) groups is 2. The zero-order valence-corrected chi connectivity index (χ0v) is 21.7. The molecule has 0 bridgehead atoms. The molecule has 0 aliphatic carbocycles. The van der Waals surface area contributed by atoms with Crippen molar-refractivity contribution in [1.82, 2.24) is 0 Å². The maximum atomic E-state index is 13.0. The van der Waals surface area contributed by atoms with Gasteiger partial charge in [0.2, 0.25) is 0 Å². The molecule has 0 aromatic heterocycles. The van der Waals surface area contributed by atoms with Crippen LogP contribution in [0.2, 0.25) is 0 Å². The SMILES string of the molecule is Cc1cc(C)c(S(=O)(=O)Nc2ccc(N3CCCCCCC3)c(C(=O)O)c2)c(C)c1.O=C(O)C(F)(F)F. The molecule has 2 aromatic rings. The first-order valence-electron chi connectivity index (χ1n) is 11.7. The number of alkyl halides is 3. The number of nitrogens with zero attached hydrogens (tertiary/aromatic N) is 1. The summed E-state index contributed by atoms with van der Waals surface area (Å²) in [6, 6.07) is 8.45. The second-order valence-corrected chi connectivity index (χ2v) is 10.5. The molecule has 3 N–H and O–H groups in total. The fourth-order valence-electron chi connectivity index (χ4n) is 4.33. The van der Waals surface area contributed by atoms with Gasteiger partial charge in [0.15, 0.2) is 0 Å². The lowest BCUT2D eigenvalue weighted by atomic mass is 10.1. The summed E-state index contributed by atoms with van der Waals surface area (Å²) in [5.41, 5.74) is 3.34. The van der Waals surface area contributed by atoms with E-state index in [-0.39, 0.29) is 16.1 Å². The van der Waals surface area contributed by atoms with Crippen LogP contribution in [0.3, 0.4) is 0 Å². The number of benzene rings is 2. The molecule has 12 heteroatoms. The van der Waals surface area contributed by atoms with Crippen LogP contribution in [0.5, 0.6) is 0 Å². The minimum Gasteiger partial charge on any atom is -0.478 e. The lowest BCUT2D eigenvalue weighted by molar-refractivity contribution is -0.192. The Balaban J connectivity index is 0.000000604. The van der Waals surface area contributed by atoms with E-state index < -0.39 is 28.1 Å². The predicted octanol–water partition coefficient (Wildman–Crippen LogP) is 5.51. The van der Waals surface area contributed by atoms with Crippen molar-refractivity contribution in [2.75, 3.05) is 22.7 Å². The number of hydrogen-bond donors (Lipinski definition) is 3. The van der Waals surface area contributed by atoms with Crippen molar-refractivity contribution in [3.05, 3.63) is 52.6 Å². The fourth-order valence-corrected chi connectivity index (χ4v) is 5.84. The van der Waals surface area contributed by atoms with E-state index in [1.54, 1.807) is 26.0 Å². The van der Waals surface area contributed by atoms with E-state index in [2.05, 4.69) is 9.62 Å². The maximum Gasteiger partial charge on any atom is 0.490 e. The van der Waals surface area contributed by atoms with Crippen molar-refractivity contribution in [2.24, 2.45) is 0 Å². The lowest BCUT2D eigenvalue weighted by Gasteiger charge is -2.28. The molecule has 8 nitrogen and oxygen atoms in total. The Morgan fingerprint density at radius 3 is 1.84 bits per heavy atom. The number of aromatic carboxylic acids is 1. The Bertz CT molecular complexity index is 1210. The second kappa shape index (κ2) is 12.3. The third kappa shape index (κ3) is 8.38. The predicted molar refractivity (Wildman–Crippen MR) is 134 cm³/mol. The Morgan fingerprint density at radius 1 is 0.892 bits per heavy atom. The highest BCUT2D eigenvalue weighted by molar-refractivity contribution is 7.92. The van der Waals surface area contributed by atoms with E-state index in [1.165, 1.54) is 12.5 Å². The Labute approximate surface area is 214 Å². The summed E-state index contributed by atoms with van der Waals surface area (Å²) < 4.78 is 60.4. The topological polar surface area (TPSA) is 124 Å². The molecule has 0 radical (unpaired) electrons. The average molecular weight is 545 g/mol. The first kappa shape index (κ1) is 29.9. The number of carboxylic acids is 2. The summed E-state index contributed by atoms with van der Waals surface area (Å²) in [7, 11) is -3.84. The van der Waals surface area contributed by atoms with Crippen molar-refractivity contribution < 1.29 is 41.4 Å². The normalized spacial score (nSPS) is 14.6. The number of aliphatic carboxylic acids is 1. The van der Waals surface area contributed by atoms with Gasteiger partial charge in [-0.15, -0.1) is 0 Å². The minimum atomic E-state index is -5.08. The molecule has 0 amide bonds. The van der Waals surface area contributed by atoms with Gasteiger partial charge < -0.3 is 15.1 Å². The van der Waals surface area contributed by atoms with Gasteiger partial charge in [0.1, 0.15) is 0 Å². The molecule has 0 unspecified atom stereocenters. The average Bonchev–Trinajstić information content (AvgIpc) is 2.72. The van der Waals surface area contributed by atoms with Gasteiger partial charge in [0.05, 0.1) is 16.1 Å². The maximum absolute atomic E-state index is 13.0. The number of sulfonamides is 1. The zero-order valence-electron chi connectivity index (χ0n) is 20.9. The van der Waals surface area contributed by atoms with E-state index in [9.17, 15) is 31.5 Å². The van der Waals surface area contributed by atoms with Crippen LogP contribution >= 0.6 is 0 Å². The van der Waals surface area contributed by atoms with Crippen molar-refractivity contribution in [1.29, 1.82) is 0 Å². The first-order chi connectivity index (χ1) is 17.1. The van der Waals surface area contributed by atoms with E-state index in [0.29, 0.717) is 16.8 Å². The molecule has 2 aromatic carbocycles. The van der Waals surface area contributed by atoms with Crippen molar-refractivity contribution >= 4 is 33.3 Å². The van der Waals surface area contributed by atoms with E-state index in [0.717, 1.165) is 44.3 Å². The number of rotatable bonds is 5. The minimum absolute atomic E-state index is 0.119. The molecule has 1 saturated heterocycles. The van der Waals surface area contributed by atoms with Gasteiger partial charge in [0, 0.05) is 18.8 Å². The fraction of sp³-hybridized carbons (Fsp3) is 0.440. The summed E-state index contributed by atoms with van der Waals surface area (Å²) in [5.74, 6) is -3.82. The zero-order chi connectivity index (χ0) is 28.0. The highest BCUT2D eigenvalue weighted by atomic mass is 32.2. The highest BCUT2D eigenvalue weighted by Crippen LogP contribution is 2.29. The molecule has 0 saturated carbocycles. The van der Waals surface area contributed by atoms with Gasteiger partial charge in [-0.2, -0.15) is 13.2 Å². The van der Waals surface area contributed by atoms with Crippen molar-refractivity contribution in [2.45, 2.75) is 63.9 Å². The summed E-state index contributed by atoms with van der Waals surface area (Å²) in [4.78, 5) is 23.2. The number of anilines is 2. The van der Waals surface area contributed by atoms with Gasteiger partial charge in [-0.05, 0) is 62.9 Å². The highest BCUT2D eigenvalue weighted by Gasteiger charge is 2.38. The number of halogens is 3. The standard InChI is InChI=1S/C23H30N2O4S.C2HF3O2/c1-16-13-17(2)22(18(3)14-16)30(28,29)24-19-9-10-21(20(15-19)23(26)27)25-11-7-5-4-6-8-12-25;3-2(4,5)1(6)7/h9-10,13-15,24H,4-8,11-12H2,1-3H3,(H,26,27);(H,6,7). The summed E-state index contributed by atoms with van der Waals surface area (Å²) >= 11 is 0. The van der Waals surface area contributed by atoms with Gasteiger partial charge >= 0.3 is 18.1 Å². The largest absolute Gasteiger partial charge is 0.490 e. The van der Waals surface area contributed by atoms with Gasteiger partial charge in [-0.25, -0.2) is 18.0 Å². The summed E-state index contributed by atoms with van der Waals surface area (Å²) in [6.45, 7) is 7.08. The van der Waals surface area contributed by atoms with Crippen LogP contribution < -0.4 is 9.62 Å². The van der Waals surface area contributed by atoms with E-state index >= 15 is 0 Å². The molecule has 1 fully saturated rings. The molecule has 3 rings (SSSR count). The molecule has 1 aliphatic rings. The lowest BCUT2D eigenvalue weighted by Crippen LogP contribution is -2.28. The summed E-state index contributed by atoms with van der Waals surface area (Å²) in [6.07, 6.45) is 0.481. The van der Waals surface area contributed by atoms with Crippen molar-refractivity contribution in [3.63, 3.8) is 0 Å². The van der Waals surface area contributed by atoms with Crippen LogP contribution in [0.1, 0.15) is 59.2 Å². The molecule has 204 valence electrons. The number of carboxylic acid groups (broad SMARTS) is 2. The molecule has 1 heterocycles. The second-order valence-electron chi connectivity index (χ2n) is 8.93. The molecule has 1 aliphatic heterocycles. The Kier molecular flexibility index (Phi) is 9.96. The van der Waals surface area contributed by atoms with Gasteiger partial charge in [-0.3, -0.25) is 4.72 Å². The third-order valence-electron chi connectivity index (χ3n) is 5.79. The van der Waals surface area contributed by atoms with E-state index in [4.69, 9.17) is 9.90 Å². The molecule has 0 spiro atoms. The van der Waals surface area contributed by atoms with Crippen molar-refractivity contribution in [3.8, 4) is 0 Å². The van der Waals surface area contributed by atoms with Gasteiger partial charge in [0.25, 0.3) is 10.0 Å². The van der Waals surface area contributed by atoms with Crippen LogP contribution in [-0.2, 0) is 14.8 Å². The Hall–Kier alpha value is -3.28. The Morgan fingerprint density at radius 2 is 1.38 bits per heavy atom. The monoisotopic (exact) mass is 544 g/mol. The van der Waals surface area contributed by atoms with Crippen LogP contribution in [0.25, 0.3) is 0 Å². The number of aryl methyl sites for hydroxylation is 3. The number of hydrogen-bond acceptors (Lipinski definition) is 5. The number of nitrogens with one attached hydrogen (secondary N) is 1. The van der Waals surface area contributed by atoms with E-state index in [1.807, 2.05) is 19.1 Å². The van der Waals surface area contributed by atoms with Crippen LogP contribution in [-0.4, -0.2) is 49.8 Å². The van der Waals surface area contributed by atoms with Crippen LogP contribution in [0.4, 0.5) is 24.5 Å². The third-order valence-corrected chi connectivity index (χ3v) is 7.48. The molecule has 0 atom stereocenters. The first-order valence-corrected chi connectivity index (χ1v) is 13.1.